The Balaban J connectivity index is 2.58. The Labute approximate surface area is 110 Å². The van der Waals surface area contributed by atoms with Crippen molar-refractivity contribution in [1.82, 2.24) is 5.32 Å². The topological polar surface area (TPSA) is 95.5 Å². The lowest BCUT2D eigenvalue weighted by Crippen LogP contribution is -2.34. The van der Waals surface area contributed by atoms with Crippen molar-refractivity contribution in [2.45, 2.75) is 12.8 Å². The molecule has 0 fully saturated rings. The minimum Gasteiger partial charge on any atom is -0.481 e. The van der Waals surface area contributed by atoms with Gasteiger partial charge in [0.25, 0.3) is 0 Å². The van der Waals surface area contributed by atoms with E-state index in [0.29, 0.717) is 12.1 Å². The van der Waals surface area contributed by atoms with Crippen LogP contribution in [0.25, 0.3) is 0 Å². The number of halogens is 3. The molecule has 9 heteroatoms. The van der Waals surface area contributed by atoms with Crippen LogP contribution >= 0.6 is 0 Å². The van der Waals surface area contributed by atoms with Crippen LogP contribution in [-0.4, -0.2) is 23.0 Å². The molecular formula is C11H9F3N2O4. The molecule has 1 aromatic carbocycles. The van der Waals surface area contributed by atoms with Gasteiger partial charge in [0.2, 0.25) is 5.91 Å². The van der Waals surface area contributed by atoms with Crippen molar-refractivity contribution in [3.8, 4) is 0 Å². The fraction of sp³-hybridized carbons (Fsp3) is 0.182. The molecule has 0 bridgehead atoms. The van der Waals surface area contributed by atoms with Gasteiger partial charge in [-0.1, -0.05) is 0 Å². The van der Waals surface area contributed by atoms with Gasteiger partial charge in [-0.15, -0.1) is 0 Å². The number of nitrogens with one attached hydrogen (secondary N) is 2. The number of hydrogen-bond donors (Lipinski definition) is 3. The fourth-order valence-electron chi connectivity index (χ4n) is 1.20. The minimum absolute atomic E-state index is 0.398. The summed E-state index contributed by atoms with van der Waals surface area (Å²) in [6.07, 6.45) is -0.909. The Morgan fingerprint density at radius 3 is 2.10 bits per heavy atom. The molecule has 1 rings (SSSR count). The smallest absolute Gasteiger partial charge is 0.325 e. The van der Waals surface area contributed by atoms with Crippen molar-refractivity contribution in [3.63, 3.8) is 0 Å². The summed E-state index contributed by atoms with van der Waals surface area (Å²) in [5.74, 6) is -6.79. The number of carboxylic acid groups (broad SMARTS) is 1. The molecule has 20 heavy (non-hydrogen) atoms. The van der Waals surface area contributed by atoms with Gasteiger partial charge < -0.3 is 10.4 Å². The molecule has 0 radical (unpaired) electrons. The van der Waals surface area contributed by atoms with Crippen molar-refractivity contribution < 1.29 is 32.7 Å². The van der Waals surface area contributed by atoms with E-state index in [4.69, 9.17) is 5.11 Å². The third kappa shape index (κ3) is 4.59. The molecule has 3 N–H and O–H groups in total. The average molecular weight is 290 g/mol. The first-order chi connectivity index (χ1) is 9.29. The summed E-state index contributed by atoms with van der Waals surface area (Å²) in [5.41, 5.74) is -0.398. The third-order valence-corrected chi connectivity index (χ3v) is 2.06. The van der Waals surface area contributed by atoms with Gasteiger partial charge >= 0.3 is 12.0 Å². The van der Waals surface area contributed by atoms with Crippen LogP contribution in [0.4, 0.5) is 23.7 Å². The van der Waals surface area contributed by atoms with Crippen molar-refractivity contribution >= 4 is 23.6 Å². The molecule has 0 aliphatic rings. The Morgan fingerprint density at radius 2 is 1.60 bits per heavy atom. The van der Waals surface area contributed by atoms with Gasteiger partial charge in [0.15, 0.2) is 17.5 Å². The highest BCUT2D eigenvalue weighted by Gasteiger charge is 2.14. The number of urea groups is 1. The first kappa shape index (κ1) is 15.5. The standard InChI is InChI=1S/C11H9F3N2O4/c12-6-3-5(4-7(13)10(6)14)15-11(20)16-8(17)1-2-9(18)19/h3-4H,1-2H2,(H,18,19)(H2,15,16,17,20). The van der Waals surface area contributed by atoms with Crippen LogP contribution in [0.5, 0.6) is 0 Å². The predicted octanol–water partition coefficient (Wildman–Crippen LogP) is 1.62. The summed E-state index contributed by atoms with van der Waals surface area (Å²) < 4.78 is 38.3. The summed E-state index contributed by atoms with van der Waals surface area (Å²) in [7, 11) is 0. The summed E-state index contributed by atoms with van der Waals surface area (Å²) in [4.78, 5) is 32.5. The Hall–Kier alpha value is -2.58. The van der Waals surface area contributed by atoms with Gasteiger partial charge in [0, 0.05) is 24.2 Å². The summed E-state index contributed by atoms with van der Waals surface area (Å²) in [5, 5.41) is 12.0. The Bertz CT molecular complexity index is 540. The number of anilines is 1. The normalized spacial score (nSPS) is 9.95. The fourth-order valence-corrected chi connectivity index (χ4v) is 1.20. The molecule has 1 aromatic rings. The van der Waals surface area contributed by atoms with Crippen molar-refractivity contribution in [3.05, 3.63) is 29.6 Å². The van der Waals surface area contributed by atoms with Crippen LogP contribution in [-0.2, 0) is 9.59 Å². The maximum absolute atomic E-state index is 12.8. The first-order valence-electron chi connectivity index (χ1n) is 5.26. The lowest BCUT2D eigenvalue weighted by Gasteiger charge is -2.07. The van der Waals surface area contributed by atoms with Gasteiger partial charge in [-0.2, -0.15) is 0 Å². The highest BCUT2D eigenvalue weighted by atomic mass is 19.2. The van der Waals surface area contributed by atoms with Crippen molar-refractivity contribution in [1.29, 1.82) is 0 Å². The second-order valence-corrected chi connectivity index (χ2v) is 3.65. The lowest BCUT2D eigenvalue weighted by molar-refractivity contribution is -0.138. The number of carboxylic acids is 1. The monoisotopic (exact) mass is 290 g/mol. The van der Waals surface area contributed by atoms with E-state index in [2.05, 4.69) is 0 Å². The molecule has 3 amide bonds. The largest absolute Gasteiger partial charge is 0.481 e. The number of carbonyl (C=O) groups excluding carboxylic acids is 2. The molecule has 0 atom stereocenters. The summed E-state index contributed by atoms with van der Waals surface area (Å²) in [6, 6.07) is -0.0646. The molecule has 108 valence electrons. The molecule has 0 aliphatic heterocycles. The molecule has 0 unspecified atom stereocenters. The summed E-state index contributed by atoms with van der Waals surface area (Å²) >= 11 is 0. The highest BCUT2D eigenvalue weighted by molar-refractivity contribution is 6.01. The highest BCUT2D eigenvalue weighted by Crippen LogP contribution is 2.17. The SMILES string of the molecule is O=C(O)CCC(=O)NC(=O)Nc1cc(F)c(F)c(F)c1. The van der Waals surface area contributed by atoms with E-state index < -0.39 is 53.9 Å². The third-order valence-electron chi connectivity index (χ3n) is 2.06. The van der Waals surface area contributed by atoms with E-state index >= 15 is 0 Å². The van der Waals surface area contributed by atoms with Crippen LogP contribution in [0, 0.1) is 17.5 Å². The van der Waals surface area contributed by atoms with Crippen LogP contribution in [0.1, 0.15) is 12.8 Å². The van der Waals surface area contributed by atoms with Crippen LogP contribution in [0.15, 0.2) is 12.1 Å². The number of imide groups is 1. The zero-order chi connectivity index (χ0) is 15.3. The van der Waals surface area contributed by atoms with Crippen molar-refractivity contribution in [2.24, 2.45) is 0 Å². The molecule has 0 saturated carbocycles. The second-order valence-electron chi connectivity index (χ2n) is 3.65. The second kappa shape index (κ2) is 6.55. The molecule has 0 saturated heterocycles. The number of rotatable bonds is 4. The van der Waals surface area contributed by atoms with Gasteiger partial charge in [-0.3, -0.25) is 14.9 Å². The predicted molar refractivity (Wildman–Crippen MR) is 60.3 cm³/mol. The zero-order valence-corrected chi connectivity index (χ0v) is 9.87. The molecule has 0 aliphatic carbocycles. The molecular weight excluding hydrogens is 281 g/mol. The number of aliphatic carboxylic acids is 1. The van der Waals surface area contributed by atoms with Crippen LogP contribution < -0.4 is 10.6 Å². The Morgan fingerprint density at radius 1 is 1.05 bits per heavy atom. The number of hydrogen-bond acceptors (Lipinski definition) is 3. The maximum Gasteiger partial charge on any atom is 0.325 e. The maximum atomic E-state index is 12.8. The van der Waals surface area contributed by atoms with Gasteiger partial charge in [-0.05, 0) is 0 Å². The first-order valence-corrected chi connectivity index (χ1v) is 5.26. The van der Waals surface area contributed by atoms with Gasteiger partial charge in [0.1, 0.15) is 0 Å². The van der Waals surface area contributed by atoms with E-state index in [1.165, 1.54) is 0 Å². The van der Waals surface area contributed by atoms with E-state index in [9.17, 15) is 27.6 Å². The lowest BCUT2D eigenvalue weighted by atomic mass is 10.3. The van der Waals surface area contributed by atoms with Gasteiger partial charge in [-0.25, -0.2) is 18.0 Å². The van der Waals surface area contributed by atoms with E-state index in [-0.39, 0.29) is 0 Å². The van der Waals surface area contributed by atoms with E-state index in [1.54, 1.807) is 5.32 Å². The number of carbonyl (C=O) groups is 3. The molecule has 0 spiro atoms. The van der Waals surface area contributed by atoms with E-state index in [1.807, 2.05) is 5.32 Å². The van der Waals surface area contributed by atoms with Crippen LogP contribution in [0.2, 0.25) is 0 Å². The van der Waals surface area contributed by atoms with Crippen molar-refractivity contribution in [2.75, 3.05) is 5.32 Å². The molecule has 6 nitrogen and oxygen atoms in total. The van der Waals surface area contributed by atoms with Gasteiger partial charge in [0.05, 0.1) is 6.42 Å². The minimum atomic E-state index is -1.69. The van der Waals surface area contributed by atoms with E-state index in [0.717, 1.165) is 0 Å². The average Bonchev–Trinajstić information content (AvgIpc) is 2.33. The molecule has 0 aromatic heterocycles. The van der Waals surface area contributed by atoms with Crippen LogP contribution in [0.3, 0.4) is 0 Å². The Kier molecular flexibility index (Phi) is 5.07. The number of benzene rings is 1. The number of amides is 3. The zero-order valence-electron chi connectivity index (χ0n) is 9.87. The molecule has 0 heterocycles. The quantitative estimate of drug-likeness (QED) is 0.734. The summed E-state index contributed by atoms with van der Waals surface area (Å²) in [6.45, 7) is 0.